The highest BCUT2D eigenvalue weighted by molar-refractivity contribution is 7.13. The van der Waals surface area contributed by atoms with Gasteiger partial charge in [0.1, 0.15) is 0 Å². The molecule has 0 aliphatic carbocycles. The van der Waals surface area contributed by atoms with Gasteiger partial charge in [0.05, 0.1) is 23.7 Å². The van der Waals surface area contributed by atoms with Crippen molar-refractivity contribution in [3.05, 3.63) is 40.9 Å². The third-order valence-electron chi connectivity index (χ3n) is 2.38. The third-order valence-corrected chi connectivity index (χ3v) is 3.18. The number of rotatable bonds is 4. The molecule has 1 aromatic carbocycles. The number of urea groups is 1. The molecule has 0 saturated heterocycles. The molecule has 0 unspecified atom stereocenters. The first kappa shape index (κ1) is 14.5. The Morgan fingerprint density at radius 2 is 2.00 bits per heavy atom. The lowest BCUT2D eigenvalue weighted by Gasteiger charge is -2.05. The van der Waals surface area contributed by atoms with Crippen molar-refractivity contribution in [2.24, 2.45) is 0 Å². The molecule has 7 nitrogen and oxygen atoms in total. The maximum Gasteiger partial charge on any atom is 0.325 e. The molecule has 0 fully saturated rings. The summed E-state index contributed by atoms with van der Waals surface area (Å²) in [6.07, 6.45) is -0.185. The molecule has 1 heterocycles. The zero-order valence-electron chi connectivity index (χ0n) is 10.7. The fraction of sp³-hybridized carbons (Fsp3) is 0.0769. The smallest absolute Gasteiger partial charge is 0.325 e. The van der Waals surface area contributed by atoms with E-state index in [-0.39, 0.29) is 6.42 Å². The summed E-state index contributed by atoms with van der Waals surface area (Å²) in [5.41, 5.74) is 1.43. The number of nitrogens with zero attached hydrogens (tertiary/aromatic N) is 2. The van der Waals surface area contributed by atoms with Gasteiger partial charge < -0.3 is 10.4 Å². The average molecular weight is 302 g/mol. The molecule has 1 aromatic heterocycles. The second kappa shape index (κ2) is 6.49. The van der Waals surface area contributed by atoms with Gasteiger partial charge in [0.2, 0.25) is 0 Å². The standard InChI is InChI=1S/C13H10N4O3S/c14-6-8-1-3-9(4-2-8)15-12(20)17-13-16-10(7-21-13)5-11(18)19/h1-4,7H,5H2,(H,18,19)(H2,15,16,17,20). The van der Waals surface area contributed by atoms with Crippen molar-refractivity contribution in [2.45, 2.75) is 6.42 Å². The summed E-state index contributed by atoms with van der Waals surface area (Å²) in [7, 11) is 0. The Hall–Kier alpha value is -2.92. The van der Waals surface area contributed by atoms with Crippen LogP contribution < -0.4 is 10.6 Å². The van der Waals surface area contributed by atoms with E-state index in [0.29, 0.717) is 22.1 Å². The molecule has 0 radical (unpaired) electrons. The molecule has 8 heteroatoms. The highest BCUT2D eigenvalue weighted by Gasteiger charge is 2.09. The first-order valence-corrected chi connectivity index (χ1v) is 6.69. The molecule has 2 rings (SSSR count). The predicted octanol–water partition coefficient (Wildman–Crippen LogP) is 2.29. The summed E-state index contributed by atoms with van der Waals surface area (Å²) in [6, 6.07) is 7.88. The molecular weight excluding hydrogens is 292 g/mol. The van der Waals surface area contributed by atoms with Crippen molar-refractivity contribution < 1.29 is 14.7 Å². The van der Waals surface area contributed by atoms with E-state index in [4.69, 9.17) is 10.4 Å². The minimum atomic E-state index is -0.978. The van der Waals surface area contributed by atoms with Crippen LogP contribution in [0, 0.1) is 11.3 Å². The Bertz CT molecular complexity index is 703. The summed E-state index contributed by atoms with van der Waals surface area (Å²) in [6.45, 7) is 0. The number of nitriles is 1. The van der Waals surface area contributed by atoms with Gasteiger partial charge in [-0.3, -0.25) is 10.1 Å². The van der Waals surface area contributed by atoms with Crippen LogP contribution in [0.1, 0.15) is 11.3 Å². The van der Waals surface area contributed by atoms with Gasteiger partial charge >= 0.3 is 12.0 Å². The van der Waals surface area contributed by atoms with E-state index in [1.165, 1.54) is 0 Å². The number of aliphatic carboxylic acids is 1. The second-order valence-electron chi connectivity index (χ2n) is 3.98. The lowest BCUT2D eigenvalue weighted by atomic mass is 10.2. The second-order valence-corrected chi connectivity index (χ2v) is 4.84. The van der Waals surface area contributed by atoms with Gasteiger partial charge in [-0.15, -0.1) is 11.3 Å². The minimum Gasteiger partial charge on any atom is -0.481 e. The fourth-order valence-electron chi connectivity index (χ4n) is 1.49. The zero-order valence-corrected chi connectivity index (χ0v) is 11.5. The van der Waals surface area contributed by atoms with Crippen molar-refractivity contribution in [3.63, 3.8) is 0 Å². The molecule has 0 saturated carbocycles. The number of carbonyl (C=O) groups excluding carboxylic acids is 1. The van der Waals surface area contributed by atoms with Gasteiger partial charge in [-0.25, -0.2) is 9.78 Å². The zero-order chi connectivity index (χ0) is 15.2. The van der Waals surface area contributed by atoms with Gasteiger partial charge in [0.25, 0.3) is 0 Å². The number of thiazole rings is 1. The monoisotopic (exact) mass is 302 g/mol. The highest BCUT2D eigenvalue weighted by Crippen LogP contribution is 2.16. The van der Waals surface area contributed by atoms with Gasteiger partial charge in [-0.2, -0.15) is 5.26 Å². The van der Waals surface area contributed by atoms with E-state index in [1.54, 1.807) is 29.6 Å². The topological polar surface area (TPSA) is 115 Å². The molecule has 0 bridgehead atoms. The van der Waals surface area contributed by atoms with Gasteiger partial charge in [0.15, 0.2) is 5.13 Å². The van der Waals surface area contributed by atoms with Crippen molar-refractivity contribution in [2.75, 3.05) is 10.6 Å². The Morgan fingerprint density at radius 3 is 2.62 bits per heavy atom. The van der Waals surface area contributed by atoms with Crippen LogP contribution in [0.15, 0.2) is 29.6 Å². The van der Waals surface area contributed by atoms with Crippen LogP contribution in [0.5, 0.6) is 0 Å². The SMILES string of the molecule is N#Cc1ccc(NC(=O)Nc2nc(CC(=O)O)cs2)cc1. The van der Waals surface area contributed by atoms with Crippen LogP contribution in [0.25, 0.3) is 0 Å². The number of benzene rings is 1. The summed E-state index contributed by atoms with van der Waals surface area (Å²) < 4.78 is 0. The quantitative estimate of drug-likeness (QED) is 0.801. The van der Waals surface area contributed by atoms with Crippen molar-refractivity contribution in [3.8, 4) is 6.07 Å². The predicted molar refractivity (Wildman–Crippen MR) is 77.3 cm³/mol. The Morgan fingerprint density at radius 1 is 1.29 bits per heavy atom. The first-order chi connectivity index (χ1) is 10.1. The lowest BCUT2D eigenvalue weighted by molar-refractivity contribution is -0.136. The molecular formula is C13H10N4O3S. The molecule has 3 N–H and O–H groups in total. The van der Waals surface area contributed by atoms with Gasteiger partial charge in [-0.05, 0) is 24.3 Å². The van der Waals surface area contributed by atoms with E-state index < -0.39 is 12.0 Å². The summed E-state index contributed by atoms with van der Waals surface area (Å²) in [4.78, 5) is 26.2. The van der Waals surface area contributed by atoms with Crippen molar-refractivity contribution in [1.82, 2.24) is 4.98 Å². The van der Waals surface area contributed by atoms with Crippen molar-refractivity contribution >= 4 is 34.2 Å². The lowest BCUT2D eigenvalue weighted by Crippen LogP contribution is -2.19. The number of aromatic nitrogens is 1. The molecule has 0 atom stereocenters. The number of carbonyl (C=O) groups is 2. The van der Waals surface area contributed by atoms with E-state index in [2.05, 4.69) is 15.6 Å². The average Bonchev–Trinajstić information content (AvgIpc) is 2.85. The number of anilines is 2. The van der Waals surface area contributed by atoms with Gasteiger partial charge in [0, 0.05) is 11.1 Å². The summed E-state index contributed by atoms with van der Waals surface area (Å²) in [5.74, 6) is -0.978. The maximum atomic E-state index is 11.7. The molecule has 0 aliphatic heterocycles. The minimum absolute atomic E-state index is 0.185. The molecule has 2 amide bonds. The van der Waals surface area contributed by atoms with Crippen LogP contribution >= 0.6 is 11.3 Å². The molecule has 0 aliphatic rings. The van der Waals surface area contributed by atoms with E-state index in [1.807, 2.05) is 6.07 Å². The van der Waals surface area contributed by atoms with E-state index >= 15 is 0 Å². The number of hydrogen-bond donors (Lipinski definition) is 3. The van der Waals surface area contributed by atoms with Crippen LogP contribution in [0.3, 0.4) is 0 Å². The Kier molecular flexibility index (Phi) is 4.48. The molecule has 2 aromatic rings. The molecule has 106 valence electrons. The first-order valence-electron chi connectivity index (χ1n) is 5.81. The number of hydrogen-bond acceptors (Lipinski definition) is 5. The normalized spacial score (nSPS) is 9.67. The fourth-order valence-corrected chi connectivity index (χ4v) is 2.19. The summed E-state index contributed by atoms with van der Waals surface area (Å²) in [5, 5.41) is 24.3. The number of carboxylic acids is 1. The third kappa shape index (κ3) is 4.29. The summed E-state index contributed by atoms with van der Waals surface area (Å²) >= 11 is 1.15. The van der Waals surface area contributed by atoms with Gasteiger partial charge in [-0.1, -0.05) is 0 Å². The Balaban J connectivity index is 1.93. The number of nitrogens with one attached hydrogen (secondary N) is 2. The van der Waals surface area contributed by atoms with Crippen molar-refractivity contribution in [1.29, 1.82) is 5.26 Å². The number of carboxylic acid groups (broad SMARTS) is 1. The number of amides is 2. The van der Waals surface area contributed by atoms with Crippen LogP contribution in [-0.4, -0.2) is 22.1 Å². The van der Waals surface area contributed by atoms with Crippen LogP contribution in [0.2, 0.25) is 0 Å². The largest absolute Gasteiger partial charge is 0.481 e. The molecule has 21 heavy (non-hydrogen) atoms. The Labute approximate surface area is 123 Å². The molecule has 0 spiro atoms. The van der Waals surface area contributed by atoms with Crippen LogP contribution in [0.4, 0.5) is 15.6 Å². The highest BCUT2D eigenvalue weighted by atomic mass is 32.1. The van der Waals surface area contributed by atoms with Crippen LogP contribution in [-0.2, 0) is 11.2 Å². The maximum absolute atomic E-state index is 11.7. The van der Waals surface area contributed by atoms with E-state index in [0.717, 1.165) is 11.3 Å². The van der Waals surface area contributed by atoms with E-state index in [9.17, 15) is 9.59 Å².